The molecule has 1 atom stereocenters. The molecule has 1 fully saturated rings. The SMILES string of the molecule is CC(OC(N)=O)(c1cc(C(=O)O)no1)C1(F)CCN(c2ccc3cc(Cl)ccc3n2)CC1. The smallest absolute Gasteiger partial charge is 0.405 e. The van der Waals surface area contributed by atoms with E-state index in [9.17, 15) is 9.59 Å². The predicted molar refractivity (Wildman–Crippen MR) is 114 cm³/mol. The lowest BCUT2D eigenvalue weighted by Crippen LogP contribution is -2.56. The van der Waals surface area contributed by atoms with Gasteiger partial charge in [-0.1, -0.05) is 16.8 Å². The largest absolute Gasteiger partial charge is 0.476 e. The second-order valence-electron chi connectivity index (χ2n) is 7.79. The van der Waals surface area contributed by atoms with Crippen LogP contribution in [0.5, 0.6) is 0 Å². The van der Waals surface area contributed by atoms with E-state index in [1.165, 1.54) is 6.92 Å². The third-order valence-corrected chi connectivity index (χ3v) is 6.11. The third kappa shape index (κ3) is 3.81. The minimum absolute atomic E-state index is 0.0553. The number of nitrogens with zero attached hydrogens (tertiary/aromatic N) is 3. The molecule has 0 spiro atoms. The van der Waals surface area contributed by atoms with Crippen LogP contribution in [0.15, 0.2) is 40.9 Å². The molecule has 1 unspecified atom stereocenters. The number of ether oxygens (including phenoxy) is 1. The lowest BCUT2D eigenvalue weighted by molar-refractivity contribution is -0.124. The van der Waals surface area contributed by atoms with Crippen LogP contribution < -0.4 is 10.6 Å². The molecule has 0 saturated carbocycles. The van der Waals surface area contributed by atoms with Crippen LogP contribution in [-0.2, 0) is 10.3 Å². The van der Waals surface area contributed by atoms with E-state index < -0.39 is 29.0 Å². The number of halogens is 2. The van der Waals surface area contributed by atoms with E-state index in [1.54, 1.807) is 6.07 Å². The number of carbonyl (C=O) groups excluding carboxylic acids is 1. The molecule has 0 aliphatic carbocycles. The number of pyridine rings is 1. The zero-order chi connectivity index (χ0) is 23.1. The highest BCUT2D eigenvalue weighted by atomic mass is 35.5. The molecular formula is C21H20ClFN4O5. The average molecular weight is 463 g/mol. The number of aromatic nitrogens is 2. The highest BCUT2D eigenvalue weighted by molar-refractivity contribution is 6.31. The molecular weight excluding hydrogens is 443 g/mol. The second-order valence-corrected chi connectivity index (χ2v) is 8.23. The van der Waals surface area contributed by atoms with Gasteiger partial charge in [-0.2, -0.15) is 0 Å². The van der Waals surface area contributed by atoms with E-state index in [-0.39, 0.29) is 31.7 Å². The summed E-state index contributed by atoms with van der Waals surface area (Å²) in [7, 11) is 0. The monoisotopic (exact) mass is 462 g/mol. The maximum Gasteiger partial charge on any atom is 0.405 e. The standard InChI is InChI=1S/C21H20ClFN4O5/c1-20(31-19(24)30,16-11-15(18(28)29)26-32-16)21(23)6-8-27(9-7-21)17-5-2-12-10-13(22)3-4-14(12)25-17/h2-5,10-11H,6-9H2,1H3,(H2,24,30)(H,28,29). The number of carbonyl (C=O) groups is 2. The van der Waals surface area contributed by atoms with Gasteiger partial charge in [0.15, 0.2) is 17.1 Å². The topological polar surface area (TPSA) is 132 Å². The number of alkyl halides is 1. The number of nitrogens with two attached hydrogens (primary N) is 1. The van der Waals surface area contributed by atoms with Gasteiger partial charge in [-0.15, -0.1) is 0 Å². The number of amides is 1. The van der Waals surface area contributed by atoms with Crippen molar-refractivity contribution >= 4 is 40.4 Å². The molecule has 1 amide bonds. The van der Waals surface area contributed by atoms with Crippen molar-refractivity contribution in [3.8, 4) is 0 Å². The highest BCUT2D eigenvalue weighted by Gasteiger charge is 2.57. The number of rotatable bonds is 5. The van der Waals surface area contributed by atoms with E-state index in [0.29, 0.717) is 10.8 Å². The highest BCUT2D eigenvalue weighted by Crippen LogP contribution is 2.46. The Balaban J connectivity index is 1.59. The Labute approximate surface area is 186 Å². The number of fused-ring (bicyclic) bond motifs is 1. The quantitative estimate of drug-likeness (QED) is 0.583. The van der Waals surface area contributed by atoms with Crippen LogP contribution in [0.1, 0.15) is 36.0 Å². The molecule has 3 N–H and O–H groups in total. The number of hydrogen-bond acceptors (Lipinski definition) is 7. The van der Waals surface area contributed by atoms with Crippen molar-refractivity contribution in [2.24, 2.45) is 5.73 Å². The normalized spacial score (nSPS) is 17.7. The Morgan fingerprint density at radius 3 is 2.62 bits per heavy atom. The summed E-state index contributed by atoms with van der Waals surface area (Å²) < 4.78 is 26.4. The number of aromatic carboxylic acids is 1. The van der Waals surface area contributed by atoms with Crippen molar-refractivity contribution in [1.82, 2.24) is 10.1 Å². The van der Waals surface area contributed by atoms with E-state index in [2.05, 4.69) is 10.1 Å². The average Bonchev–Trinajstić information content (AvgIpc) is 3.25. The van der Waals surface area contributed by atoms with Crippen molar-refractivity contribution in [1.29, 1.82) is 0 Å². The maximum atomic E-state index is 16.2. The fraction of sp³-hybridized carbons (Fsp3) is 0.333. The molecule has 1 saturated heterocycles. The molecule has 11 heteroatoms. The van der Waals surface area contributed by atoms with Crippen LogP contribution in [0.4, 0.5) is 15.0 Å². The predicted octanol–water partition coefficient (Wildman–Crippen LogP) is 3.89. The number of benzene rings is 1. The molecule has 4 rings (SSSR count). The summed E-state index contributed by atoms with van der Waals surface area (Å²) in [6, 6.07) is 10.1. The minimum Gasteiger partial charge on any atom is -0.476 e. The summed E-state index contributed by atoms with van der Waals surface area (Å²) in [6.07, 6.45) is -1.32. The first kappa shape index (κ1) is 21.8. The Hall–Kier alpha value is -3.40. The Morgan fingerprint density at radius 1 is 1.28 bits per heavy atom. The van der Waals surface area contributed by atoms with Gasteiger partial charge in [0.1, 0.15) is 5.82 Å². The Bertz CT molecular complexity index is 1190. The van der Waals surface area contributed by atoms with Gasteiger partial charge in [0.2, 0.25) is 5.60 Å². The van der Waals surface area contributed by atoms with Gasteiger partial charge in [-0.05, 0) is 37.3 Å². The van der Waals surface area contributed by atoms with E-state index in [4.69, 9.17) is 31.7 Å². The Kier molecular flexibility index (Phi) is 5.41. The fourth-order valence-electron chi connectivity index (χ4n) is 3.99. The number of primary amides is 1. The van der Waals surface area contributed by atoms with Crippen molar-refractivity contribution < 1.29 is 28.3 Å². The van der Waals surface area contributed by atoms with Gasteiger partial charge >= 0.3 is 12.1 Å². The molecule has 32 heavy (non-hydrogen) atoms. The first-order chi connectivity index (χ1) is 15.1. The van der Waals surface area contributed by atoms with Crippen LogP contribution in [-0.4, -0.2) is 46.1 Å². The molecule has 0 radical (unpaired) electrons. The molecule has 1 aromatic carbocycles. The summed E-state index contributed by atoms with van der Waals surface area (Å²) in [6.45, 7) is 1.83. The van der Waals surface area contributed by atoms with Gasteiger partial charge < -0.3 is 25.0 Å². The number of hydrogen-bond donors (Lipinski definition) is 2. The number of anilines is 1. The number of piperidine rings is 1. The molecule has 3 aromatic rings. The summed E-state index contributed by atoms with van der Waals surface area (Å²) in [5.74, 6) is -0.912. The van der Waals surface area contributed by atoms with Crippen LogP contribution in [0, 0.1) is 0 Å². The zero-order valence-corrected chi connectivity index (χ0v) is 17.8. The van der Waals surface area contributed by atoms with Gasteiger partial charge in [-0.3, -0.25) is 0 Å². The lowest BCUT2D eigenvalue weighted by Gasteiger charge is -2.45. The molecule has 168 valence electrons. The number of carboxylic acids is 1. The molecule has 1 aliphatic heterocycles. The summed E-state index contributed by atoms with van der Waals surface area (Å²) in [5, 5.41) is 14.0. The van der Waals surface area contributed by atoms with E-state index in [0.717, 1.165) is 17.0 Å². The molecule has 2 aromatic heterocycles. The van der Waals surface area contributed by atoms with Gasteiger partial charge in [0.05, 0.1) is 5.52 Å². The molecule has 9 nitrogen and oxygen atoms in total. The maximum absolute atomic E-state index is 16.2. The molecule has 0 bridgehead atoms. The molecule has 3 heterocycles. The lowest BCUT2D eigenvalue weighted by atomic mass is 9.76. The first-order valence-corrected chi connectivity index (χ1v) is 10.2. The zero-order valence-electron chi connectivity index (χ0n) is 17.0. The van der Waals surface area contributed by atoms with E-state index >= 15 is 4.39 Å². The van der Waals surface area contributed by atoms with Crippen LogP contribution in [0.3, 0.4) is 0 Å². The fourth-order valence-corrected chi connectivity index (χ4v) is 4.17. The van der Waals surface area contributed by atoms with Crippen LogP contribution >= 0.6 is 11.6 Å². The van der Waals surface area contributed by atoms with Crippen molar-refractivity contribution in [2.75, 3.05) is 18.0 Å². The third-order valence-electron chi connectivity index (χ3n) is 5.88. The first-order valence-electron chi connectivity index (χ1n) is 9.80. The number of carboxylic acid groups (broad SMARTS) is 1. The van der Waals surface area contributed by atoms with Crippen molar-refractivity contribution in [3.63, 3.8) is 0 Å². The minimum atomic E-state index is -2.09. The summed E-state index contributed by atoms with van der Waals surface area (Å²) in [5.41, 5.74) is 1.48. The van der Waals surface area contributed by atoms with Crippen molar-refractivity contribution in [2.45, 2.75) is 31.0 Å². The van der Waals surface area contributed by atoms with E-state index in [1.807, 2.05) is 29.2 Å². The van der Waals surface area contributed by atoms with Crippen LogP contribution in [0.2, 0.25) is 5.02 Å². The second kappa shape index (κ2) is 7.94. The van der Waals surface area contributed by atoms with Gasteiger partial charge in [0, 0.05) is 42.4 Å². The summed E-state index contributed by atoms with van der Waals surface area (Å²) >= 11 is 6.02. The van der Waals surface area contributed by atoms with Crippen molar-refractivity contribution in [3.05, 3.63) is 52.9 Å². The summed E-state index contributed by atoms with van der Waals surface area (Å²) in [4.78, 5) is 29.3. The van der Waals surface area contributed by atoms with Crippen LogP contribution in [0.25, 0.3) is 10.9 Å². The molecule has 1 aliphatic rings. The Morgan fingerprint density at radius 2 is 2.00 bits per heavy atom. The van der Waals surface area contributed by atoms with Gasteiger partial charge in [0.25, 0.3) is 0 Å². The van der Waals surface area contributed by atoms with Gasteiger partial charge in [-0.25, -0.2) is 19.0 Å².